The third kappa shape index (κ3) is 2.03. The van der Waals surface area contributed by atoms with Crippen molar-refractivity contribution in [3.8, 4) is 0 Å². The number of nitrogens with one attached hydrogen (secondary N) is 1. The number of carbonyl (C=O) groups excluding carboxylic acids is 1. The summed E-state index contributed by atoms with van der Waals surface area (Å²) in [5, 5.41) is 6.65. The molecule has 1 aromatic rings. The lowest BCUT2D eigenvalue weighted by molar-refractivity contribution is 0.0786. The van der Waals surface area contributed by atoms with Gasteiger partial charge in [-0.3, -0.25) is 9.89 Å². The molecule has 1 aliphatic rings. The summed E-state index contributed by atoms with van der Waals surface area (Å²) in [5.74, 6) is 1.55. The molecule has 15 heavy (non-hydrogen) atoms. The Balaban J connectivity index is 1.98. The number of hydrogen-bond acceptors (Lipinski definition) is 2. The second kappa shape index (κ2) is 3.68. The predicted molar refractivity (Wildman–Crippen MR) is 57.6 cm³/mol. The summed E-state index contributed by atoms with van der Waals surface area (Å²) in [6, 6.07) is 0. The van der Waals surface area contributed by atoms with Crippen molar-refractivity contribution in [1.82, 2.24) is 15.1 Å². The Morgan fingerprint density at radius 3 is 2.87 bits per heavy atom. The molecule has 0 saturated heterocycles. The third-order valence-electron chi connectivity index (χ3n) is 3.19. The third-order valence-corrected chi connectivity index (χ3v) is 3.19. The maximum Gasteiger partial charge on any atom is 0.257 e. The summed E-state index contributed by atoms with van der Waals surface area (Å²) in [7, 11) is 1.86. The van der Waals surface area contributed by atoms with Crippen molar-refractivity contribution in [3.05, 3.63) is 17.5 Å². The van der Waals surface area contributed by atoms with E-state index >= 15 is 0 Å². The van der Waals surface area contributed by atoms with E-state index in [1.165, 1.54) is 6.42 Å². The Labute approximate surface area is 89.7 Å². The fourth-order valence-electron chi connectivity index (χ4n) is 1.86. The minimum Gasteiger partial charge on any atom is -0.341 e. The highest BCUT2D eigenvalue weighted by molar-refractivity contribution is 5.94. The average Bonchev–Trinajstić information content (AvgIpc) is 2.72. The molecular formula is C11H17N3O. The molecule has 1 aromatic heterocycles. The summed E-state index contributed by atoms with van der Waals surface area (Å²) in [6.07, 6.45) is 2.85. The highest BCUT2D eigenvalue weighted by atomic mass is 16.2. The van der Waals surface area contributed by atoms with Crippen LogP contribution in [0.25, 0.3) is 0 Å². The monoisotopic (exact) mass is 207 g/mol. The molecule has 0 aliphatic heterocycles. The van der Waals surface area contributed by atoms with E-state index in [0.717, 1.165) is 18.2 Å². The number of rotatable bonds is 3. The molecule has 0 aromatic carbocycles. The summed E-state index contributed by atoms with van der Waals surface area (Å²) in [5.41, 5.74) is 1.53. The van der Waals surface area contributed by atoms with Crippen LogP contribution in [0.2, 0.25) is 0 Å². The number of nitrogens with zero attached hydrogens (tertiary/aromatic N) is 2. The number of carbonyl (C=O) groups is 1. The molecule has 4 nitrogen and oxygen atoms in total. The van der Waals surface area contributed by atoms with Crippen LogP contribution in [0, 0.1) is 18.8 Å². The standard InChI is InChI=1S/C11H17N3O/c1-7-4-9(7)6-14(3)11(15)10-5-12-13-8(10)2/h5,7,9H,4,6H2,1-3H3,(H,12,13). The van der Waals surface area contributed by atoms with Crippen molar-refractivity contribution in [2.24, 2.45) is 11.8 Å². The minimum atomic E-state index is 0.0698. The lowest BCUT2D eigenvalue weighted by Crippen LogP contribution is -2.29. The SMILES string of the molecule is Cc1[nH]ncc1C(=O)N(C)CC1CC1C. The van der Waals surface area contributed by atoms with Crippen molar-refractivity contribution in [3.63, 3.8) is 0 Å². The fraction of sp³-hybridized carbons (Fsp3) is 0.636. The van der Waals surface area contributed by atoms with E-state index in [2.05, 4.69) is 17.1 Å². The maximum absolute atomic E-state index is 12.0. The van der Waals surface area contributed by atoms with Gasteiger partial charge in [0.25, 0.3) is 5.91 Å². The molecule has 82 valence electrons. The second-order valence-electron chi connectivity index (χ2n) is 4.57. The molecule has 1 saturated carbocycles. The molecule has 2 atom stereocenters. The first-order chi connectivity index (χ1) is 7.09. The average molecular weight is 207 g/mol. The highest BCUT2D eigenvalue weighted by Gasteiger charge is 2.34. The van der Waals surface area contributed by atoms with Gasteiger partial charge in [0.1, 0.15) is 0 Å². The Morgan fingerprint density at radius 1 is 1.73 bits per heavy atom. The molecule has 1 N–H and O–H groups in total. The van der Waals surface area contributed by atoms with Gasteiger partial charge in [0.2, 0.25) is 0 Å². The minimum absolute atomic E-state index is 0.0698. The number of amides is 1. The first kappa shape index (κ1) is 10.2. The predicted octanol–water partition coefficient (Wildman–Crippen LogP) is 1.45. The van der Waals surface area contributed by atoms with Gasteiger partial charge < -0.3 is 4.90 Å². The number of aromatic amines is 1. The smallest absolute Gasteiger partial charge is 0.257 e. The van der Waals surface area contributed by atoms with Crippen LogP contribution in [0.4, 0.5) is 0 Å². The van der Waals surface area contributed by atoms with Crippen molar-refractivity contribution in [2.75, 3.05) is 13.6 Å². The summed E-state index contributed by atoms with van der Waals surface area (Å²) in [4.78, 5) is 13.8. The number of aromatic nitrogens is 2. The van der Waals surface area contributed by atoms with Gasteiger partial charge in [-0.2, -0.15) is 5.10 Å². The first-order valence-electron chi connectivity index (χ1n) is 5.35. The molecule has 1 heterocycles. The molecule has 2 rings (SSSR count). The zero-order valence-electron chi connectivity index (χ0n) is 9.45. The molecule has 1 fully saturated rings. The molecule has 0 bridgehead atoms. The van der Waals surface area contributed by atoms with Crippen molar-refractivity contribution >= 4 is 5.91 Å². The summed E-state index contributed by atoms with van der Waals surface area (Å²) >= 11 is 0. The molecule has 4 heteroatoms. The Bertz CT molecular complexity index is 372. The van der Waals surface area contributed by atoms with Gasteiger partial charge >= 0.3 is 0 Å². The van der Waals surface area contributed by atoms with Crippen molar-refractivity contribution in [1.29, 1.82) is 0 Å². The lowest BCUT2D eigenvalue weighted by atomic mass is 10.2. The Morgan fingerprint density at radius 2 is 2.40 bits per heavy atom. The zero-order chi connectivity index (χ0) is 11.0. The van der Waals surface area contributed by atoms with Crippen LogP contribution < -0.4 is 0 Å². The first-order valence-corrected chi connectivity index (χ1v) is 5.35. The normalized spacial score (nSPS) is 23.9. The fourth-order valence-corrected chi connectivity index (χ4v) is 1.86. The van der Waals surface area contributed by atoms with Crippen LogP contribution in [0.15, 0.2) is 6.20 Å². The van der Waals surface area contributed by atoms with Crippen molar-refractivity contribution < 1.29 is 4.79 Å². The van der Waals surface area contributed by atoms with Gasteiger partial charge in [-0.05, 0) is 25.2 Å². The van der Waals surface area contributed by atoms with Crippen LogP contribution >= 0.6 is 0 Å². The Hall–Kier alpha value is -1.32. The van der Waals surface area contributed by atoms with Crippen molar-refractivity contribution in [2.45, 2.75) is 20.3 Å². The quantitative estimate of drug-likeness (QED) is 0.815. The molecule has 1 amide bonds. The molecule has 0 radical (unpaired) electrons. The number of aryl methyl sites for hydroxylation is 1. The lowest BCUT2D eigenvalue weighted by Gasteiger charge is -2.16. The van der Waals surface area contributed by atoms with E-state index in [1.807, 2.05) is 14.0 Å². The van der Waals surface area contributed by atoms with Crippen LogP contribution in [0.3, 0.4) is 0 Å². The molecular weight excluding hydrogens is 190 g/mol. The van der Waals surface area contributed by atoms with Gasteiger partial charge in [-0.15, -0.1) is 0 Å². The van der Waals surface area contributed by atoms with Gasteiger partial charge in [0.05, 0.1) is 11.8 Å². The van der Waals surface area contributed by atoms with Crippen LogP contribution in [0.5, 0.6) is 0 Å². The molecule has 2 unspecified atom stereocenters. The second-order valence-corrected chi connectivity index (χ2v) is 4.57. The van der Waals surface area contributed by atoms with Crippen LogP contribution in [-0.2, 0) is 0 Å². The zero-order valence-corrected chi connectivity index (χ0v) is 9.45. The van der Waals surface area contributed by atoms with Gasteiger partial charge in [-0.25, -0.2) is 0 Å². The number of H-pyrrole nitrogens is 1. The van der Waals surface area contributed by atoms with E-state index in [4.69, 9.17) is 0 Å². The number of hydrogen-bond donors (Lipinski definition) is 1. The Kier molecular flexibility index (Phi) is 2.50. The molecule has 1 aliphatic carbocycles. The van der Waals surface area contributed by atoms with E-state index < -0.39 is 0 Å². The van der Waals surface area contributed by atoms with E-state index in [1.54, 1.807) is 11.1 Å². The van der Waals surface area contributed by atoms with Gasteiger partial charge in [-0.1, -0.05) is 6.92 Å². The maximum atomic E-state index is 12.0. The van der Waals surface area contributed by atoms with Crippen LogP contribution in [0.1, 0.15) is 29.4 Å². The van der Waals surface area contributed by atoms with Gasteiger partial charge in [0, 0.05) is 19.3 Å². The largest absolute Gasteiger partial charge is 0.341 e. The van der Waals surface area contributed by atoms with Gasteiger partial charge in [0.15, 0.2) is 0 Å². The van der Waals surface area contributed by atoms with E-state index in [9.17, 15) is 4.79 Å². The highest BCUT2D eigenvalue weighted by Crippen LogP contribution is 2.38. The molecule has 0 spiro atoms. The van der Waals surface area contributed by atoms with E-state index in [-0.39, 0.29) is 5.91 Å². The summed E-state index contributed by atoms with van der Waals surface area (Å²) in [6.45, 7) is 4.96. The van der Waals surface area contributed by atoms with Crippen LogP contribution in [-0.4, -0.2) is 34.6 Å². The summed E-state index contributed by atoms with van der Waals surface area (Å²) < 4.78 is 0. The van der Waals surface area contributed by atoms with E-state index in [0.29, 0.717) is 11.5 Å². The topological polar surface area (TPSA) is 49.0 Å².